The van der Waals surface area contributed by atoms with Crippen molar-refractivity contribution in [2.45, 2.75) is 94.9 Å². The zero-order valence-corrected chi connectivity index (χ0v) is 38.7. The molecule has 2 heterocycles. The molecule has 12 heteroatoms. The summed E-state index contributed by atoms with van der Waals surface area (Å²) in [6.45, 7) is 5.65. The highest BCUT2D eigenvalue weighted by Gasteiger charge is 2.65. The normalized spacial score (nSPS) is 24.6. The van der Waals surface area contributed by atoms with Gasteiger partial charge in [0.1, 0.15) is 29.9 Å². The van der Waals surface area contributed by atoms with Crippen LogP contribution in [-0.4, -0.2) is 91.7 Å². The predicted octanol–water partition coefficient (Wildman–Crippen LogP) is 10.6. The summed E-state index contributed by atoms with van der Waals surface area (Å²) < 4.78 is 38.7. The Morgan fingerprint density at radius 3 is 2.34 bits per heavy atom. The third-order valence-electron chi connectivity index (χ3n) is 13.6. The van der Waals surface area contributed by atoms with Crippen molar-refractivity contribution in [2.24, 2.45) is 22.9 Å². The van der Waals surface area contributed by atoms with Crippen molar-refractivity contribution >= 4 is 11.8 Å². The number of hydrogen-bond donors (Lipinski definition) is 2. The second-order valence-corrected chi connectivity index (χ2v) is 17.9. The maximum absolute atomic E-state index is 14.3. The van der Waals surface area contributed by atoms with Crippen LogP contribution in [0.15, 0.2) is 133 Å². The molecular formula is C55H66N2O10. The topological polar surface area (TPSA) is 138 Å². The Hall–Kier alpha value is -5.50. The molecule has 0 aromatic heterocycles. The summed E-state index contributed by atoms with van der Waals surface area (Å²) >= 11 is 0. The van der Waals surface area contributed by atoms with E-state index in [1.807, 2.05) is 72.8 Å². The number of carbonyl (C=O) groups excluding carboxylic acids is 1. The minimum Gasteiger partial charge on any atom is -0.459 e. The molecule has 2 aliphatic carbocycles. The lowest BCUT2D eigenvalue weighted by Gasteiger charge is -2.59. The fourth-order valence-electron chi connectivity index (χ4n) is 10.4. The number of carbonyl (C=O) groups is 1. The highest BCUT2D eigenvalue weighted by Crippen LogP contribution is 2.62. The van der Waals surface area contributed by atoms with E-state index in [1.54, 1.807) is 18.0 Å². The number of likely N-dealkylation sites (N-methyl/N-ethyl adjacent to an activating group) is 1. The molecule has 2 N–H and O–H groups in total. The fraction of sp³-hybridized carbons (Fsp3) is 0.455. The molecule has 0 radical (unpaired) electrons. The molecule has 7 atom stereocenters. The van der Waals surface area contributed by atoms with E-state index in [-0.39, 0.29) is 57.2 Å². The quantitative estimate of drug-likeness (QED) is 0.0445. The Morgan fingerprint density at radius 1 is 0.881 bits per heavy atom. The predicted molar refractivity (Wildman–Crippen MR) is 257 cm³/mol. The first-order valence-corrected chi connectivity index (χ1v) is 24.1. The molecule has 4 aromatic carbocycles. The lowest BCUT2D eigenvalue weighted by molar-refractivity contribution is -0.254. The number of oxime groups is 1. The molecule has 2 aliphatic heterocycles. The second kappa shape index (κ2) is 23.5. The standard InChI is InChI=1S/C55H66N2O10/c1-3-31-64-55-50(57(2)54(60)63-34-33-61-38-39-16-6-4-7-17-39)37-48(56-67-51-22-12-15-32-62-51)46-35-42(20-10-13-29-58)45(21-11-14-30-59)52(53(46)55)47-36-44(27-28-49(47)66-55)65-43-25-23-41(24-26-43)40-18-8-5-9-19-40/h3-9,16-19,23-28,35-36,42,45,50-53,58-59H,1,10-15,20-22,29-34,37-38H2,2H3/t42-,45+,50-,51?,52+,53+,55+/m0/s1. The Morgan fingerprint density at radius 2 is 1.61 bits per heavy atom. The number of aliphatic hydroxyl groups excluding tert-OH is 2. The SMILES string of the molecule is C=CCO[C@@]12Oc3ccc(Oc4ccc(-c5ccccc5)cc4)cc3[C@H]3[C@H](CCCCO)[C@@H](CCCCO)C=C(C(=NOC4CCCCO4)C[C@@H]1N(C)C(=O)OCCOCc1ccccc1)[C@H]32. The van der Waals surface area contributed by atoms with E-state index in [2.05, 4.69) is 43.0 Å². The molecule has 12 nitrogen and oxygen atoms in total. The van der Waals surface area contributed by atoms with Crippen LogP contribution in [0.1, 0.15) is 81.3 Å². The zero-order chi connectivity index (χ0) is 46.4. The van der Waals surface area contributed by atoms with Gasteiger partial charge in [0.2, 0.25) is 12.1 Å². The van der Waals surface area contributed by atoms with Crippen molar-refractivity contribution < 1.29 is 48.3 Å². The Bertz CT molecular complexity index is 2260. The van der Waals surface area contributed by atoms with Gasteiger partial charge in [-0.05, 0) is 103 Å². The van der Waals surface area contributed by atoms with Crippen LogP contribution in [0.3, 0.4) is 0 Å². The van der Waals surface area contributed by atoms with E-state index >= 15 is 0 Å². The zero-order valence-electron chi connectivity index (χ0n) is 38.7. The first-order valence-electron chi connectivity index (χ1n) is 24.1. The number of ether oxygens (including phenoxy) is 6. The molecular weight excluding hydrogens is 849 g/mol. The van der Waals surface area contributed by atoms with Crippen molar-refractivity contribution in [1.29, 1.82) is 0 Å². The van der Waals surface area contributed by atoms with Crippen LogP contribution >= 0.6 is 0 Å². The van der Waals surface area contributed by atoms with Gasteiger partial charge in [0, 0.05) is 44.6 Å². The van der Waals surface area contributed by atoms with E-state index < -0.39 is 30.1 Å². The first-order chi connectivity index (χ1) is 32.9. The van der Waals surface area contributed by atoms with Gasteiger partial charge in [-0.3, -0.25) is 0 Å². The van der Waals surface area contributed by atoms with Gasteiger partial charge < -0.3 is 48.4 Å². The van der Waals surface area contributed by atoms with E-state index in [9.17, 15) is 15.0 Å². The lowest BCUT2D eigenvalue weighted by Crippen LogP contribution is -2.69. The van der Waals surface area contributed by atoms with Gasteiger partial charge in [0.15, 0.2) is 0 Å². The monoisotopic (exact) mass is 914 g/mol. The summed E-state index contributed by atoms with van der Waals surface area (Å²) in [5.41, 5.74) is 5.85. The Labute approximate surface area is 395 Å². The minimum atomic E-state index is -1.42. The average molecular weight is 915 g/mol. The number of fused-ring (bicyclic) bond motifs is 2. The molecule has 1 amide bonds. The summed E-state index contributed by atoms with van der Waals surface area (Å²) in [4.78, 5) is 22.1. The second-order valence-electron chi connectivity index (χ2n) is 17.9. The van der Waals surface area contributed by atoms with Crippen molar-refractivity contribution in [3.8, 4) is 28.4 Å². The van der Waals surface area contributed by atoms with Crippen LogP contribution in [-0.2, 0) is 30.4 Å². The average Bonchev–Trinajstić information content (AvgIpc) is 3.37. The molecule has 67 heavy (non-hydrogen) atoms. The molecule has 8 rings (SSSR count). The molecule has 4 aromatic rings. The van der Waals surface area contributed by atoms with Gasteiger partial charge in [-0.1, -0.05) is 103 Å². The Kier molecular flexibility index (Phi) is 16.8. The van der Waals surface area contributed by atoms with Crippen molar-refractivity contribution in [3.05, 3.63) is 139 Å². The lowest BCUT2D eigenvalue weighted by atomic mass is 9.55. The number of aliphatic hydroxyl groups is 2. The molecule has 1 unspecified atom stereocenters. The fourth-order valence-corrected chi connectivity index (χ4v) is 10.4. The maximum atomic E-state index is 14.3. The first kappa shape index (κ1) is 48.0. The summed E-state index contributed by atoms with van der Waals surface area (Å²) in [6.07, 6.45) is 10.5. The molecule has 1 saturated heterocycles. The molecule has 1 saturated carbocycles. The van der Waals surface area contributed by atoms with Crippen molar-refractivity contribution in [2.75, 3.05) is 46.7 Å². The summed E-state index contributed by atoms with van der Waals surface area (Å²) in [5, 5.41) is 24.9. The largest absolute Gasteiger partial charge is 0.459 e. The van der Waals surface area contributed by atoms with E-state index in [4.69, 9.17) is 38.4 Å². The molecule has 4 aliphatic rings. The van der Waals surface area contributed by atoms with E-state index in [0.29, 0.717) is 49.0 Å². The molecule has 2 fully saturated rings. The van der Waals surface area contributed by atoms with Crippen LogP contribution < -0.4 is 9.47 Å². The number of unbranched alkanes of at least 4 members (excludes halogenated alkanes) is 2. The Balaban J connectivity index is 1.19. The third kappa shape index (κ3) is 11.4. The number of benzene rings is 4. The van der Waals surface area contributed by atoms with Crippen LogP contribution in [0.2, 0.25) is 0 Å². The van der Waals surface area contributed by atoms with Crippen LogP contribution in [0.5, 0.6) is 17.2 Å². The van der Waals surface area contributed by atoms with Gasteiger partial charge in [-0.2, -0.15) is 0 Å². The number of amides is 1. The summed E-state index contributed by atoms with van der Waals surface area (Å²) in [5.74, 6) is -0.00176. The highest BCUT2D eigenvalue weighted by molar-refractivity contribution is 6.03. The van der Waals surface area contributed by atoms with E-state index in [0.717, 1.165) is 72.8 Å². The van der Waals surface area contributed by atoms with Gasteiger partial charge in [0.05, 0.1) is 38.1 Å². The molecule has 356 valence electrons. The van der Waals surface area contributed by atoms with Gasteiger partial charge >= 0.3 is 6.09 Å². The summed E-state index contributed by atoms with van der Waals surface area (Å²) in [6, 6.07) is 33.4. The number of nitrogens with zero attached hydrogens (tertiary/aromatic N) is 2. The van der Waals surface area contributed by atoms with E-state index in [1.165, 1.54) is 0 Å². The smallest absolute Gasteiger partial charge is 0.410 e. The van der Waals surface area contributed by atoms with Crippen molar-refractivity contribution in [3.63, 3.8) is 0 Å². The van der Waals surface area contributed by atoms with Gasteiger partial charge in [-0.15, -0.1) is 6.58 Å². The molecule has 0 bridgehead atoms. The summed E-state index contributed by atoms with van der Waals surface area (Å²) in [7, 11) is 1.72. The van der Waals surface area contributed by atoms with Crippen LogP contribution in [0.4, 0.5) is 4.79 Å². The van der Waals surface area contributed by atoms with Crippen LogP contribution in [0.25, 0.3) is 11.1 Å². The van der Waals surface area contributed by atoms with Crippen LogP contribution in [0, 0.1) is 17.8 Å². The number of allylic oxidation sites excluding steroid dienone is 1. The number of rotatable bonds is 22. The third-order valence-corrected chi connectivity index (χ3v) is 13.6. The van der Waals surface area contributed by atoms with Crippen molar-refractivity contribution in [1.82, 2.24) is 4.90 Å². The number of hydrogen-bond acceptors (Lipinski definition) is 11. The van der Waals surface area contributed by atoms with Gasteiger partial charge in [-0.25, -0.2) is 4.79 Å². The molecule has 0 spiro atoms. The van der Waals surface area contributed by atoms with Gasteiger partial charge in [0.25, 0.3) is 0 Å². The maximum Gasteiger partial charge on any atom is 0.410 e. The minimum absolute atomic E-state index is 0.0490. The highest BCUT2D eigenvalue weighted by atomic mass is 16.8.